The number of piperazine rings is 1. The first-order valence-electron chi connectivity index (χ1n) is 10.6. The number of pyridine rings is 1. The lowest BCUT2D eigenvalue weighted by Crippen LogP contribution is -2.46. The van der Waals surface area contributed by atoms with Crippen LogP contribution in [-0.2, 0) is 0 Å². The van der Waals surface area contributed by atoms with E-state index in [1.165, 1.54) is 0 Å². The molecule has 0 radical (unpaired) electrons. The van der Waals surface area contributed by atoms with Gasteiger partial charge in [0.05, 0.1) is 12.2 Å². The van der Waals surface area contributed by atoms with Gasteiger partial charge in [0.1, 0.15) is 11.6 Å². The fourth-order valence-corrected chi connectivity index (χ4v) is 3.89. The third-order valence-corrected chi connectivity index (χ3v) is 5.56. The Labute approximate surface area is 177 Å². The van der Waals surface area contributed by atoms with Crippen LogP contribution in [-0.4, -0.2) is 55.1 Å². The Balaban J connectivity index is 1.58. The number of hydrogen-bond acceptors (Lipinski definition) is 5. The number of nitrogens with zero attached hydrogens (tertiary/aromatic N) is 3. The van der Waals surface area contributed by atoms with Crippen molar-refractivity contribution in [2.24, 2.45) is 0 Å². The maximum atomic E-state index is 13.0. The Morgan fingerprint density at radius 1 is 1.00 bits per heavy atom. The monoisotopic (exact) mass is 404 g/mol. The molecule has 30 heavy (non-hydrogen) atoms. The number of benzene rings is 2. The molecule has 1 fully saturated rings. The average Bonchev–Trinajstić information content (AvgIpc) is 2.80. The van der Waals surface area contributed by atoms with Crippen molar-refractivity contribution in [2.75, 3.05) is 49.5 Å². The van der Waals surface area contributed by atoms with Crippen molar-refractivity contribution in [2.45, 2.75) is 13.8 Å². The van der Waals surface area contributed by atoms with Gasteiger partial charge in [-0.2, -0.15) is 0 Å². The molecule has 1 aliphatic rings. The van der Waals surface area contributed by atoms with Crippen molar-refractivity contribution in [3.05, 3.63) is 60.3 Å². The standard InChI is InChI=1S/C24H28N4O2/c1-3-27-13-15-28(16-14-27)23-21-8-6-5-7-20(21)22(17-25-23)24(29)26-18-9-11-19(12-10-18)30-4-2/h5-12,17H,3-4,13-16H2,1-2H3,(H,26,29). The van der Waals surface area contributed by atoms with Gasteiger partial charge in [0, 0.05) is 43.4 Å². The maximum Gasteiger partial charge on any atom is 0.257 e. The summed E-state index contributed by atoms with van der Waals surface area (Å²) in [5.74, 6) is 1.58. The summed E-state index contributed by atoms with van der Waals surface area (Å²) in [6.45, 7) is 9.79. The van der Waals surface area contributed by atoms with Gasteiger partial charge in [-0.25, -0.2) is 4.98 Å². The number of nitrogens with one attached hydrogen (secondary N) is 1. The summed E-state index contributed by atoms with van der Waals surface area (Å²) in [5, 5.41) is 4.91. The second-order valence-electron chi connectivity index (χ2n) is 7.37. The molecule has 0 unspecified atom stereocenters. The van der Waals surface area contributed by atoms with Gasteiger partial charge in [0.2, 0.25) is 0 Å². The van der Waals surface area contributed by atoms with E-state index in [0.717, 1.165) is 60.8 Å². The zero-order chi connectivity index (χ0) is 20.9. The number of fused-ring (bicyclic) bond motifs is 1. The first-order chi connectivity index (χ1) is 14.7. The van der Waals surface area contributed by atoms with Crippen LogP contribution in [0, 0.1) is 0 Å². The number of aromatic nitrogens is 1. The van der Waals surface area contributed by atoms with Crippen LogP contribution in [0.4, 0.5) is 11.5 Å². The fraction of sp³-hybridized carbons (Fsp3) is 0.333. The van der Waals surface area contributed by atoms with Gasteiger partial charge in [-0.1, -0.05) is 31.2 Å². The van der Waals surface area contributed by atoms with Gasteiger partial charge in [0.15, 0.2) is 0 Å². The van der Waals surface area contributed by atoms with Crippen LogP contribution in [0.3, 0.4) is 0 Å². The highest BCUT2D eigenvalue weighted by Gasteiger charge is 2.21. The van der Waals surface area contributed by atoms with Gasteiger partial charge in [-0.15, -0.1) is 0 Å². The summed E-state index contributed by atoms with van der Waals surface area (Å²) in [6, 6.07) is 15.4. The molecule has 0 bridgehead atoms. The third kappa shape index (κ3) is 4.24. The van der Waals surface area contributed by atoms with Crippen molar-refractivity contribution in [1.29, 1.82) is 0 Å². The van der Waals surface area contributed by atoms with E-state index in [9.17, 15) is 4.79 Å². The molecule has 0 saturated carbocycles. The number of hydrogen-bond donors (Lipinski definition) is 1. The van der Waals surface area contributed by atoms with Crippen molar-refractivity contribution in [3.63, 3.8) is 0 Å². The lowest BCUT2D eigenvalue weighted by molar-refractivity contribution is 0.102. The van der Waals surface area contributed by atoms with Gasteiger partial charge in [-0.05, 0) is 43.1 Å². The molecule has 2 aromatic carbocycles. The Morgan fingerprint density at radius 3 is 2.37 bits per heavy atom. The molecular formula is C24H28N4O2. The van der Waals surface area contributed by atoms with Crippen LogP contribution < -0.4 is 15.0 Å². The predicted octanol–water partition coefficient (Wildman–Crippen LogP) is 4.03. The smallest absolute Gasteiger partial charge is 0.257 e. The molecule has 1 saturated heterocycles. The largest absolute Gasteiger partial charge is 0.494 e. The molecule has 4 rings (SSSR count). The SMILES string of the molecule is CCOc1ccc(NC(=O)c2cnc(N3CCN(CC)CC3)c3ccccc23)cc1. The van der Waals surface area contributed by atoms with Crippen LogP contribution >= 0.6 is 0 Å². The molecule has 0 spiro atoms. The highest BCUT2D eigenvalue weighted by Crippen LogP contribution is 2.28. The van der Waals surface area contributed by atoms with Gasteiger partial charge >= 0.3 is 0 Å². The second kappa shape index (κ2) is 9.13. The van der Waals surface area contributed by atoms with Crippen LogP contribution in [0.1, 0.15) is 24.2 Å². The van der Waals surface area contributed by atoms with E-state index < -0.39 is 0 Å². The lowest BCUT2D eigenvalue weighted by Gasteiger charge is -2.35. The van der Waals surface area contributed by atoms with Crippen molar-refractivity contribution in [1.82, 2.24) is 9.88 Å². The van der Waals surface area contributed by atoms with E-state index >= 15 is 0 Å². The molecule has 1 amide bonds. The van der Waals surface area contributed by atoms with Crippen molar-refractivity contribution < 1.29 is 9.53 Å². The Kier molecular flexibility index (Phi) is 6.14. The molecule has 2 heterocycles. The summed E-state index contributed by atoms with van der Waals surface area (Å²) in [5.41, 5.74) is 1.31. The zero-order valence-electron chi connectivity index (χ0n) is 17.6. The van der Waals surface area contributed by atoms with E-state index in [1.807, 2.05) is 49.4 Å². The number of rotatable bonds is 6. The van der Waals surface area contributed by atoms with Crippen molar-refractivity contribution in [3.8, 4) is 5.75 Å². The summed E-state index contributed by atoms with van der Waals surface area (Å²) in [7, 11) is 0. The highest BCUT2D eigenvalue weighted by molar-refractivity contribution is 6.14. The minimum Gasteiger partial charge on any atom is -0.494 e. The zero-order valence-corrected chi connectivity index (χ0v) is 17.6. The predicted molar refractivity (Wildman–Crippen MR) is 122 cm³/mol. The number of likely N-dealkylation sites (N-methyl/N-ethyl adjacent to an activating group) is 1. The van der Waals surface area contributed by atoms with Crippen molar-refractivity contribution >= 4 is 28.2 Å². The number of carbonyl (C=O) groups is 1. The van der Waals surface area contributed by atoms with Gasteiger partial charge in [0.25, 0.3) is 5.91 Å². The van der Waals surface area contributed by atoms with E-state index in [4.69, 9.17) is 9.72 Å². The highest BCUT2D eigenvalue weighted by atomic mass is 16.5. The average molecular weight is 405 g/mol. The quantitative estimate of drug-likeness (QED) is 0.672. The molecule has 0 atom stereocenters. The number of ether oxygens (including phenoxy) is 1. The molecule has 3 aromatic rings. The first kappa shape index (κ1) is 20.2. The van der Waals surface area contributed by atoms with Crippen LogP contribution in [0.15, 0.2) is 54.7 Å². The minimum absolute atomic E-state index is 0.162. The summed E-state index contributed by atoms with van der Waals surface area (Å²) in [4.78, 5) is 22.5. The number of carbonyl (C=O) groups excluding carboxylic acids is 1. The van der Waals surface area contributed by atoms with Gasteiger partial charge < -0.3 is 19.9 Å². The molecular weight excluding hydrogens is 376 g/mol. The summed E-state index contributed by atoms with van der Waals surface area (Å²) >= 11 is 0. The summed E-state index contributed by atoms with van der Waals surface area (Å²) < 4.78 is 5.46. The van der Waals surface area contributed by atoms with E-state index in [1.54, 1.807) is 6.20 Å². The molecule has 6 nitrogen and oxygen atoms in total. The normalized spacial score (nSPS) is 14.7. The Morgan fingerprint density at radius 2 is 1.70 bits per heavy atom. The molecule has 0 aliphatic carbocycles. The first-order valence-corrected chi connectivity index (χ1v) is 10.6. The van der Waals surface area contributed by atoms with Crippen LogP contribution in [0.2, 0.25) is 0 Å². The van der Waals surface area contributed by atoms with E-state index in [0.29, 0.717) is 12.2 Å². The minimum atomic E-state index is -0.162. The second-order valence-corrected chi connectivity index (χ2v) is 7.37. The number of amides is 1. The van der Waals surface area contributed by atoms with Crippen LogP contribution in [0.25, 0.3) is 10.8 Å². The molecule has 1 N–H and O–H groups in total. The van der Waals surface area contributed by atoms with Crippen LogP contribution in [0.5, 0.6) is 5.75 Å². The Hall–Kier alpha value is -3.12. The number of anilines is 2. The Bertz CT molecular complexity index is 1010. The summed E-state index contributed by atoms with van der Waals surface area (Å²) in [6.07, 6.45) is 1.70. The third-order valence-electron chi connectivity index (χ3n) is 5.56. The topological polar surface area (TPSA) is 57.7 Å². The van der Waals surface area contributed by atoms with E-state index in [2.05, 4.69) is 28.1 Å². The molecule has 156 valence electrons. The van der Waals surface area contributed by atoms with E-state index in [-0.39, 0.29) is 5.91 Å². The maximum absolute atomic E-state index is 13.0. The lowest BCUT2D eigenvalue weighted by atomic mass is 10.1. The molecule has 1 aliphatic heterocycles. The molecule has 6 heteroatoms. The van der Waals surface area contributed by atoms with Gasteiger partial charge in [-0.3, -0.25) is 4.79 Å². The molecule has 1 aromatic heterocycles. The fourth-order valence-electron chi connectivity index (χ4n) is 3.89.